The molecule has 2 N–H and O–H groups in total. The first-order valence-corrected chi connectivity index (χ1v) is 10.7. The number of anilines is 1. The molecule has 0 aliphatic rings. The van der Waals surface area contributed by atoms with Crippen molar-refractivity contribution in [2.45, 2.75) is 19.8 Å². The van der Waals surface area contributed by atoms with Gasteiger partial charge in [-0.3, -0.25) is 14.7 Å². The second-order valence-electron chi connectivity index (χ2n) is 7.02. The average Bonchev–Trinajstić information content (AvgIpc) is 3.38. The number of H-pyrrole nitrogens is 1. The maximum absolute atomic E-state index is 12.9. The molecule has 7 nitrogen and oxygen atoms in total. The Bertz CT molecular complexity index is 1260. The van der Waals surface area contributed by atoms with Crippen LogP contribution in [0, 0.1) is 6.92 Å². The number of benzene rings is 2. The molecule has 0 saturated carbocycles. The van der Waals surface area contributed by atoms with E-state index in [0.717, 1.165) is 17.0 Å². The zero-order chi connectivity index (χ0) is 21.8. The van der Waals surface area contributed by atoms with Crippen molar-refractivity contribution in [2.75, 3.05) is 12.4 Å². The molecule has 1 amide bonds. The minimum atomic E-state index is -0.180. The lowest BCUT2D eigenvalue weighted by molar-refractivity contribution is -0.116. The number of nitrogens with one attached hydrogen (secondary N) is 2. The Balaban J connectivity index is 1.47. The smallest absolute Gasteiger partial charge is 0.276 e. The van der Waals surface area contributed by atoms with Gasteiger partial charge in [0.1, 0.15) is 5.75 Å². The summed E-state index contributed by atoms with van der Waals surface area (Å²) >= 11 is 1.39. The highest BCUT2D eigenvalue weighted by Crippen LogP contribution is 2.23. The van der Waals surface area contributed by atoms with Crippen molar-refractivity contribution in [1.82, 2.24) is 14.8 Å². The summed E-state index contributed by atoms with van der Waals surface area (Å²) < 4.78 is 6.61. The van der Waals surface area contributed by atoms with E-state index in [1.807, 2.05) is 48.7 Å². The molecule has 0 unspecified atom stereocenters. The van der Waals surface area contributed by atoms with Crippen molar-refractivity contribution >= 4 is 22.9 Å². The minimum absolute atomic E-state index is 0.166. The van der Waals surface area contributed by atoms with Crippen LogP contribution < -0.4 is 15.6 Å². The topological polar surface area (TPSA) is 89.0 Å². The molecule has 2 aromatic heterocycles. The lowest BCUT2D eigenvalue weighted by Crippen LogP contribution is -2.19. The van der Waals surface area contributed by atoms with Crippen LogP contribution in [-0.4, -0.2) is 27.8 Å². The molecule has 158 valence electrons. The van der Waals surface area contributed by atoms with Gasteiger partial charge in [-0.2, -0.15) is 4.68 Å². The molecule has 4 aromatic rings. The highest BCUT2D eigenvalue weighted by molar-refractivity contribution is 7.12. The molecular weight excluding hydrogens is 412 g/mol. The van der Waals surface area contributed by atoms with E-state index in [1.54, 1.807) is 25.3 Å². The Hall–Kier alpha value is -3.65. The lowest BCUT2D eigenvalue weighted by Gasteiger charge is -2.06. The third kappa shape index (κ3) is 4.59. The minimum Gasteiger partial charge on any atom is -0.497 e. The van der Waals surface area contributed by atoms with Gasteiger partial charge < -0.3 is 10.1 Å². The van der Waals surface area contributed by atoms with Gasteiger partial charge in [0.2, 0.25) is 11.0 Å². The Kier molecular flexibility index (Phi) is 5.99. The highest BCUT2D eigenvalue weighted by atomic mass is 32.1. The summed E-state index contributed by atoms with van der Waals surface area (Å²) in [6.07, 6.45) is 0.527. The number of thiazole rings is 1. The van der Waals surface area contributed by atoms with E-state index in [9.17, 15) is 9.59 Å². The second kappa shape index (κ2) is 9.01. The molecule has 0 spiro atoms. The maximum atomic E-state index is 12.9. The second-order valence-corrected chi connectivity index (χ2v) is 7.85. The molecule has 0 atom stereocenters. The number of carbonyl (C=O) groups excluding carboxylic acids is 1. The van der Waals surface area contributed by atoms with Crippen LogP contribution in [0.1, 0.15) is 17.7 Å². The zero-order valence-electron chi connectivity index (χ0n) is 17.2. The lowest BCUT2D eigenvalue weighted by atomic mass is 10.1. The number of rotatable bonds is 7. The molecule has 2 aromatic carbocycles. The number of carbonyl (C=O) groups is 1. The predicted molar refractivity (Wildman–Crippen MR) is 122 cm³/mol. The predicted octanol–water partition coefficient (Wildman–Crippen LogP) is 4.18. The van der Waals surface area contributed by atoms with Crippen LogP contribution >= 0.6 is 11.3 Å². The molecule has 0 aliphatic heterocycles. The summed E-state index contributed by atoms with van der Waals surface area (Å²) in [5, 5.41) is 8.42. The monoisotopic (exact) mass is 434 g/mol. The van der Waals surface area contributed by atoms with Gasteiger partial charge in [-0.05, 0) is 25.5 Å². The quantitative estimate of drug-likeness (QED) is 0.457. The number of aromatic amines is 1. The zero-order valence-corrected chi connectivity index (χ0v) is 18.0. The summed E-state index contributed by atoms with van der Waals surface area (Å²) in [4.78, 5) is 29.9. The number of amides is 1. The number of aryl methyl sites for hydroxylation is 1. The van der Waals surface area contributed by atoms with Crippen LogP contribution in [0.2, 0.25) is 0 Å². The van der Waals surface area contributed by atoms with Gasteiger partial charge in [0.05, 0.1) is 12.8 Å². The van der Waals surface area contributed by atoms with Crippen LogP contribution in [-0.2, 0) is 11.2 Å². The largest absolute Gasteiger partial charge is 0.497 e. The first-order valence-electron chi connectivity index (χ1n) is 9.81. The fourth-order valence-electron chi connectivity index (χ4n) is 3.28. The average molecular weight is 435 g/mol. The fourth-order valence-corrected chi connectivity index (χ4v) is 4.07. The van der Waals surface area contributed by atoms with Crippen LogP contribution in [0.4, 0.5) is 5.69 Å². The Morgan fingerprint density at radius 3 is 2.77 bits per heavy atom. The standard InChI is InChI=1S/C23H22N4O3S/c1-15-19(11-12-21(28)24-17-9-6-10-18(13-17)30-2)22(29)27(26-15)23-25-20(14-31-23)16-7-4-3-5-8-16/h3-10,13-14,26H,11-12H2,1-2H3,(H,24,28). The molecule has 0 fully saturated rings. The van der Waals surface area contributed by atoms with Crippen LogP contribution in [0.5, 0.6) is 5.75 Å². The summed E-state index contributed by atoms with van der Waals surface area (Å²) in [7, 11) is 1.58. The number of nitrogens with zero attached hydrogens (tertiary/aromatic N) is 2. The van der Waals surface area contributed by atoms with Gasteiger partial charge in [0, 0.05) is 40.4 Å². The van der Waals surface area contributed by atoms with Crippen molar-refractivity contribution in [2.24, 2.45) is 0 Å². The highest BCUT2D eigenvalue weighted by Gasteiger charge is 2.16. The van der Waals surface area contributed by atoms with E-state index < -0.39 is 0 Å². The first kappa shape index (κ1) is 20.6. The number of ether oxygens (including phenoxy) is 1. The molecule has 0 aliphatic carbocycles. The van der Waals surface area contributed by atoms with E-state index in [1.165, 1.54) is 16.0 Å². The Morgan fingerprint density at radius 1 is 1.19 bits per heavy atom. The van der Waals surface area contributed by atoms with Crippen molar-refractivity contribution < 1.29 is 9.53 Å². The molecule has 0 radical (unpaired) electrons. The first-order chi connectivity index (χ1) is 15.0. The SMILES string of the molecule is COc1cccc(NC(=O)CCc2c(C)[nH]n(-c3nc(-c4ccccc4)cs3)c2=O)c1. The van der Waals surface area contributed by atoms with Crippen LogP contribution in [0.25, 0.3) is 16.4 Å². The van der Waals surface area contributed by atoms with E-state index in [0.29, 0.717) is 28.6 Å². The van der Waals surface area contributed by atoms with Gasteiger partial charge in [-0.15, -0.1) is 11.3 Å². The van der Waals surface area contributed by atoms with E-state index in [4.69, 9.17) is 4.74 Å². The molecule has 2 heterocycles. The van der Waals surface area contributed by atoms with Gasteiger partial charge in [0.25, 0.3) is 5.56 Å². The third-order valence-corrected chi connectivity index (χ3v) is 5.73. The number of aromatic nitrogens is 3. The van der Waals surface area contributed by atoms with Gasteiger partial charge in [-0.25, -0.2) is 4.98 Å². The van der Waals surface area contributed by atoms with Gasteiger partial charge >= 0.3 is 0 Å². The Labute approximate surface area is 183 Å². The van der Waals surface area contributed by atoms with Gasteiger partial charge in [-0.1, -0.05) is 36.4 Å². The molecule has 31 heavy (non-hydrogen) atoms. The molecule has 8 heteroatoms. The van der Waals surface area contributed by atoms with Crippen LogP contribution in [0.3, 0.4) is 0 Å². The summed E-state index contributed by atoms with van der Waals surface area (Å²) in [6, 6.07) is 17.0. The van der Waals surface area contributed by atoms with Crippen molar-refractivity contribution in [3.63, 3.8) is 0 Å². The molecule has 0 saturated heterocycles. The normalized spacial score (nSPS) is 10.8. The van der Waals surface area contributed by atoms with E-state index in [2.05, 4.69) is 15.4 Å². The number of methoxy groups -OCH3 is 1. The third-order valence-electron chi connectivity index (χ3n) is 4.90. The van der Waals surface area contributed by atoms with Crippen LogP contribution in [0.15, 0.2) is 64.8 Å². The molecular formula is C23H22N4O3S. The van der Waals surface area contributed by atoms with Crippen molar-refractivity contribution in [3.05, 3.63) is 81.6 Å². The Morgan fingerprint density at radius 2 is 2.00 bits per heavy atom. The van der Waals surface area contributed by atoms with E-state index >= 15 is 0 Å². The summed E-state index contributed by atoms with van der Waals surface area (Å²) in [6.45, 7) is 1.83. The molecule has 4 rings (SSSR count). The van der Waals surface area contributed by atoms with Gasteiger partial charge in [0.15, 0.2) is 0 Å². The summed E-state index contributed by atoms with van der Waals surface area (Å²) in [5.74, 6) is 0.501. The number of hydrogen-bond acceptors (Lipinski definition) is 5. The molecule has 0 bridgehead atoms. The maximum Gasteiger partial charge on any atom is 0.276 e. The van der Waals surface area contributed by atoms with Crippen molar-refractivity contribution in [3.8, 4) is 22.1 Å². The van der Waals surface area contributed by atoms with Crippen molar-refractivity contribution in [1.29, 1.82) is 0 Å². The number of hydrogen-bond donors (Lipinski definition) is 2. The fraction of sp³-hybridized carbons (Fsp3) is 0.174. The van der Waals surface area contributed by atoms with E-state index in [-0.39, 0.29) is 17.9 Å². The summed E-state index contributed by atoms with van der Waals surface area (Å²) in [5.41, 5.74) is 3.60.